The van der Waals surface area contributed by atoms with Crippen molar-refractivity contribution in [1.82, 2.24) is 0 Å². The molecule has 0 atom stereocenters. The number of para-hydroxylation sites is 1. The summed E-state index contributed by atoms with van der Waals surface area (Å²) in [6.07, 6.45) is 1.69. The van der Waals surface area contributed by atoms with Crippen molar-refractivity contribution in [3.8, 4) is 0 Å². The molecule has 0 bridgehead atoms. The van der Waals surface area contributed by atoms with E-state index in [0.717, 1.165) is 39.6 Å². The van der Waals surface area contributed by atoms with Crippen molar-refractivity contribution < 1.29 is 24.5 Å². The van der Waals surface area contributed by atoms with Gasteiger partial charge in [-0.05, 0) is 43.1 Å². The van der Waals surface area contributed by atoms with Crippen LogP contribution in [-0.4, -0.2) is 36.0 Å². The summed E-state index contributed by atoms with van der Waals surface area (Å²) < 4.78 is 3.08. The van der Waals surface area contributed by atoms with Gasteiger partial charge in [0.2, 0.25) is 5.52 Å². The van der Waals surface area contributed by atoms with Crippen molar-refractivity contribution in [3.05, 3.63) is 100 Å². The molecule has 1 aliphatic rings. The number of benzene rings is 3. The number of nitrogens with zero attached hydrogens (tertiary/aromatic N) is 2. The van der Waals surface area contributed by atoms with Gasteiger partial charge in [0.25, 0.3) is 5.01 Å². The van der Waals surface area contributed by atoms with Gasteiger partial charge >= 0.3 is 7.12 Å². The van der Waals surface area contributed by atoms with Crippen molar-refractivity contribution in [2.75, 3.05) is 18.0 Å². The van der Waals surface area contributed by atoms with Crippen molar-refractivity contribution in [1.29, 1.82) is 0 Å². The number of carbonyl (C=O) groups is 1. The van der Waals surface area contributed by atoms with E-state index in [1.165, 1.54) is 11.3 Å². The summed E-state index contributed by atoms with van der Waals surface area (Å²) in [7, 11) is -1.55. The van der Waals surface area contributed by atoms with Crippen LogP contribution in [0.15, 0.2) is 84.1 Å². The van der Waals surface area contributed by atoms with E-state index in [9.17, 15) is 19.9 Å². The minimum atomic E-state index is -1.55. The molecule has 1 aromatic heterocycles. The Morgan fingerprint density at radius 3 is 2.41 bits per heavy atom. The number of fused-ring (bicyclic) bond motifs is 1. The lowest BCUT2D eigenvalue weighted by Crippen LogP contribution is -2.37. The zero-order valence-corrected chi connectivity index (χ0v) is 21.5. The molecule has 0 amide bonds. The fourth-order valence-electron chi connectivity index (χ4n) is 4.72. The fraction of sp³-hybridized carbons (Fsp3) is 0.172. The predicted molar refractivity (Wildman–Crippen MR) is 147 cm³/mol. The van der Waals surface area contributed by atoms with Gasteiger partial charge in [-0.25, -0.2) is 0 Å². The first kappa shape index (κ1) is 25.0. The van der Waals surface area contributed by atoms with Crippen LogP contribution >= 0.6 is 11.3 Å². The van der Waals surface area contributed by atoms with Crippen molar-refractivity contribution in [2.45, 2.75) is 20.4 Å². The number of allylic oxidation sites excluding steroid dienone is 2. The summed E-state index contributed by atoms with van der Waals surface area (Å²) in [5, 5.41) is 33.0. The van der Waals surface area contributed by atoms with Crippen LogP contribution in [0.5, 0.6) is 0 Å². The molecular weight excluding hydrogens is 483 g/mol. The summed E-state index contributed by atoms with van der Waals surface area (Å²) in [6.45, 7) is 6.41. The Bertz CT molecular complexity index is 1540. The van der Waals surface area contributed by atoms with Crippen LogP contribution in [-0.2, 0) is 11.3 Å². The quantitative estimate of drug-likeness (QED) is 0.216. The molecule has 6 nitrogen and oxygen atoms in total. The molecule has 0 saturated carbocycles. The average molecular weight is 510 g/mol. The highest BCUT2D eigenvalue weighted by Gasteiger charge is 2.30. The van der Waals surface area contributed by atoms with Gasteiger partial charge in [0, 0.05) is 47.6 Å². The number of anilines is 1. The van der Waals surface area contributed by atoms with Crippen LogP contribution < -0.4 is 20.0 Å². The Hall–Kier alpha value is -3.72. The molecule has 0 spiro atoms. The number of carbonyl (C=O) groups excluding carboxylic acids is 1. The molecule has 0 fully saturated rings. The van der Waals surface area contributed by atoms with Gasteiger partial charge in [0.15, 0.2) is 12.3 Å². The second-order valence-electron chi connectivity index (χ2n) is 8.92. The van der Waals surface area contributed by atoms with Crippen LogP contribution in [0.25, 0.3) is 21.9 Å². The number of aromatic nitrogens is 1. The zero-order valence-electron chi connectivity index (χ0n) is 20.7. The van der Waals surface area contributed by atoms with Crippen molar-refractivity contribution in [3.63, 3.8) is 0 Å². The fourth-order valence-corrected chi connectivity index (χ4v) is 5.82. The van der Waals surface area contributed by atoms with E-state index in [-0.39, 0.29) is 22.7 Å². The van der Waals surface area contributed by atoms with Gasteiger partial charge in [-0.2, -0.15) is 4.57 Å². The monoisotopic (exact) mass is 510 g/mol. The lowest BCUT2D eigenvalue weighted by molar-refractivity contribution is -0.659. The summed E-state index contributed by atoms with van der Waals surface area (Å²) >= 11 is 1.51. The van der Waals surface area contributed by atoms with Gasteiger partial charge in [0.1, 0.15) is 4.70 Å². The van der Waals surface area contributed by atoms with Gasteiger partial charge in [-0.3, -0.25) is 4.79 Å². The number of Topliss-reactive ketones (excluding diaryl/α,β-unsaturated/α-hetero) is 1. The minimum Gasteiger partial charge on any atom is -0.871 e. The largest absolute Gasteiger partial charge is 0.871 e. The van der Waals surface area contributed by atoms with E-state index in [2.05, 4.69) is 18.7 Å². The Labute approximate surface area is 220 Å². The predicted octanol–water partition coefficient (Wildman–Crippen LogP) is 2.50. The third kappa shape index (κ3) is 4.71. The molecule has 37 heavy (non-hydrogen) atoms. The highest BCUT2D eigenvalue weighted by atomic mass is 32.1. The molecule has 5 rings (SSSR count). The van der Waals surface area contributed by atoms with E-state index in [1.807, 2.05) is 59.2 Å². The van der Waals surface area contributed by atoms with Crippen molar-refractivity contribution >= 4 is 57.3 Å². The van der Waals surface area contributed by atoms with Crippen molar-refractivity contribution in [2.24, 2.45) is 0 Å². The van der Waals surface area contributed by atoms with E-state index in [4.69, 9.17) is 0 Å². The van der Waals surface area contributed by atoms with Gasteiger partial charge < -0.3 is 20.1 Å². The van der Waals surface area contributed by atoms with Gasteiger partial charge in [-0.15, -0.1) is 0 Å². The number of hydrogen-bond donors (Lipinski definition) is 2. The first-order valence-corrected chi connectivity index (χ1v) is 13.1. The first-order chi connectivity index (χ1) is 17.9. The molecular formula is C29H27BN2O4S. The second-order valence-corrected chi connectivity index (χ2v) is 9.99. The zero-order chi connectivity index (χ0) is 26.1. The molecule has 0 unspecified atom stereocenters. The molecule has 0 radical (unpaired) electrons. The van der Waals surface area contributed by atoms with Gasteiger partial charge in [-0.1, -0.05) is 65.6 Å². The van der Waals surface area contributed by atoms with Gasteiger partial charge in [0.05, 0.1) is 0 Å². The Balaban J connectivity index is 1.50. The first-order valence-electron chi connectivity index (χ1n) is 12.3. The maximum Gasteiger partial charge on any atom is 0.488 e. The maximum atomic E-state index is 13.1. The summed E-state index contributed by atoms with van der Waals surface area (Å²) in [6, 6.07) is 22.6. The maximum absolute atomic E-state index is 13.1. The average Bonchev–Trinajstić information content (AvgIpc) is 3.26. The molecule has 3 aromatic carbocycles. The summed E-state index contributed by atoms with van der Waals surface area (Å²) in [5.74, 6) is -0.481. The van der Waals surface area contributed by atoms with Crippen LogP contribution in [0.1, 0.15) is 30.0 Å². The molecule has 186 valence electrons. The number of rotatable bonds is 8. The molecule has 0 saturated heterocycles. The molecule has 8 heteroatoms. The number of thiazole rings is 1. The number of ketones is 1. The third-order valence-corrected chi connectivity index (χ3v) is 7.83. The van der Waals surface area contributed by atoms with E-state index in [1.54, 1.807) is 24.3 Å². The standard InChI is InChI=1S/C29H27BN2O4S/c1-3-31(4-2)22-14-12-20(13-15-22)27-28(33)23(29(27)34)17-26-32(24-10-5-6-11-25(24)37-26)18-19-8-7-9-21(16-19)30(35)36/h5-17,35-36H,3-4,18H2,1-2H3. The lowest BCUT2D eigenvalue weighted by Gasteiger charge is -2.30. The lowest BCUT2D eigenvalue weighted by atomic mass is 9.79. The van der Waals surface area contributed by atoms with Crippen LogP contribution in [0.2, 0.25) is 0 Å². The highest BCUT2D eigenvalue weighted by Crippen LogP contribution is 2.37. The minimum absolute atomic E-state index is 0.183. The summed E-state index contributed by atoms with van der Waals surface area (Å²) in [4.78, 5) is 15.3. The molecule has 1 heterocycles. The van der Waals surface area contributed by atoms with E-state index < -0.39 is 7.12 Å². The van der Waals surface area contributed by atoms with E-state index >= 15 is 0 Å². The molecule has 0 aliphatic heterocycles. The number of hydrogen-bond acceptors (Lipinski definition) is 6. The third-order valence-electron chi connectivity index (χ3n) is 6.72. The SMILES string of the molecule is CCN(CC)c1ccc(C2=C([O-])C(=Cc3sc4ccccc4[n+]3Cc3cccc(B(O)O)c3)C2=O)cc1. The van der Waals surface area contributed by atoms with Crippen LogP contribution in [0, 0.1) is 0 Å². The molecule has 2 N–H and O–H groups in total. The highest BCUT2D eigenvalue weighted by molar-refractivity contribution is 7.18. The Kier molecular flexibility index (Phi) is 6.97. The Morgan fingerprint density at radius 1 is 1.00 bits per heavy atom. The van der Waals surface area contributed by atoms with Crippen LogP contribution in [0.3, 0.4) is 0 Å². The van der Waals surface area contributed by atoms with Crippen LogP contribution in [0.4, 0.5) is 5.69 Å². The topological polar surface area (TPSA) is 87.7 Å². The molecule has 1 aliphatic carbocycles. The van der Waals surface area contributed by atoms with E-state index in [0.29, 0.717) is 17.6 Å². The summed E-state index contributed by atoms with van der Waals surface area (Å²) in [5.41, 5.74) is 4.39. The normalized spacial score (nSPS) is 14.4. The second kappa shape index (κ2) is 10.3. The molecule has 4 aromatic rings. The smallest absolute Gasteiger partial charge is 0.488 e. The Morgan fingerprint density at radius 2 is 1.73 bits per heavy atom.